The van der Waals surface area contributed by atoms with Gasteiger partial charge in [0.15, 0.2) is 0 Å². The molecule has 0 saturated carbocycles. The standard InChI is InChI=1S/C12H22N2O3S2/c1-10(2)9-17-6-3-5-14-19(15,16)12-4-7-18-11(12)8-13/h4,7,10,14H,3,5-6,8-9,13H2,1-2H3. The minimum absolute atomic E-state index is 0.241. The molecule has 0 aliphatic heterocycles. The number of hydrogen-bond donors (Lipinski definition) is 2. The Morgan fingerprint density at radius 1 is 1.47 bits per heavy atom. The van der Waals surface area contributed by atoms with Gasteiger partial charge in [-0.05, 0) is 23.8 Å². The van der Waals surface area contributed by atoms with Crippen LogP contribution in [0.2, 0.25) is 0 Å². The Balaban J connectivity index is 2.36. The van der Waals surface area contributed by atoms with Gasteiger partial charge in [-0.1, -0.05) is 13.8 Å². The molecular weight excluding hydrogens is 284 g/mol. The predicted octanol–water partition coefficient (Wildman–Crippen LogP) is 1.55. The van der Waals surface area contributed by atoms with Crippen molar-refractivity contribution in [3.63, 3.8) is 0 Å². The van der Waals surface area contributed by atoms with E-state index in [4.69, 9.17) is 10.5 Å². The summed E-state index contributed by atoms with van der Waals surface area (Å²) in [7, 11) is -3.44. The lowest BCUT2D eigenvalue weighted by molar-refractivity contribution is 0.108. The van der Waals surface area contributed by atoms with Crippen LogP contribution >= 0.6 is 11.3 Å². The van der Waals surface area contributed by atoms with Crippen molar-refractivity contribution in [1.82, 2.24) is 4.72 Å². The van der Waals surface area contributed by atoms with Crippen molar-refractivity contribution in [2.24, 2.45) is 11.7 Å². The van der Waals surface area contributed by atoms with Crippen molar-refractivity contribution in [3.05, 3.63) is 16.3 Å². The summed E-state index contributed by atoms with van der Waals surface area (Å²) >= 11 is 1.36. The first-order valence-corrected chi connectivity index (χ1v) is 8.67. The molecule has 1 rings (SSSR count). The Labute approximate surface area is 119 Å². The Morgan fingerprint density at radius 3 is 2.84 bits per heavy atom. The molecule has 0 atom stereocenters. The smallest absolute Gasteiger partial charge is 0.241 e. The van der Waals surface area contributed by atoms with Gasteiger partial charge >= 0.3 is 0 Å². The average Bonchev–Trinajstić information content (AvgIpc) is 2.82. The number of sulfonamides is 1. The SMILES string of the molecule is CC(C)COCCCNS(=O)(=O)c1ccsc1CN. The second kappa shape index (κ2) is 7.96. The summed E-state index contributed by atoms with van der Waals surface area (Å²) in [6.45, 7) is 6.04. The lowest BCUT2D eigenvalue weighted by Gasteiger charge is -2.08. The van der Waals surface area contributed by atoms with Crippen LogP contribution in [0.4, 0.5) is 0 Å². The van der Waals surface area contributed by atoms with Gasteiger partial charge in [0.25, 0.3) is 0 Å². The van der Waals surface area contributed by atoms with Crippen molar-refractivity contribution in [2.45, 2.75) is 31.7 Å². The summed E-state index contributed by atoms with van der Waals surface area (Å²) in [5.41, 5.74) is 5.51. The fourth-order valence-corrected chi connectivity index (χ4v) is 3.90. The van der Waals surface area contributed by atoms with Gasteiger partial charge in [0.05, 0.1) is 4.90 Å². The first-order chi connectivity index (χ1) is 8.97. The summed E-state index contributed by atoms with van der Waals surface area (Å²) in [6.07, 6.45) is 0.661. The number of ether oxygens (including phenoxy) is 1. The van der Waals surface area contributed by atoms with Crippen LogP contribution in [0, 0.1) is 5.92 Å². The molecule has 5 nitrogen and oxygen atoms in total. The molecule has 7 heteroatoms. The second-order valence-electron chi connectivity index (χ2n) is 4.63. The van der Waals surface area contributed by atoms with Crippen LogP contribution in [0.3, 0.4) is 0 Å². The van der Waals surface area contributed by atoms with Gasteiger partial charge in [-0.15, -0.1) is 11.3 Å². The molecule has 0 aliphatic carbocycles. The maximum atomic E-state index is 12.0. The molecule has 0 radical (unpaired) electrons. The summed E-state index contributed by atoms with van der Waals surface area (Å²) in [6, 6.07) is 1.59. The first-order valence-electron chi connectivity index (χ1n) is 6.31. The molecule has 0 aromatic carbocycles. The number of rotatable bonds is 9. The van der Waals surface area contributed by atoms with E-state index in [9.17, 15) is 8.42 Å². The van der Waals surface area contributed by atoms with E-state index in [0.717, 1.165) is 0 Å². The monoisotopic (exact) mass is 306 g/mol. The lowest BCUT2D eigenvalue weighted by atomic mass is 10.2. The highest BCUT2D eigenvalue weighted by atomic mass is 32.2. The van der Waals surface area contributed by atoms with Crippen LogP contribution in [-0.2, 0) is 21.3 Å². The van der Waals surface area contributed by atoms with Crippen molar-refractivity contribution in [2.75, 3.05) is 19.8 Å². The van der Waals surface area contributed by atoms with Gasteiger partial charge < -0.3 is 10.5 Å². The number of nitrogens with one attached hydrogen (secondary N) is 1. The van der Waals surface area contributed by atoms with Gasteiger partial charge in [-0.3, -0.25) is 0 Å². The number of thiophene rings is 1. The van der Waals surface area contributed by atoms with Crippen LogP contribution in [0.1, 0.15) is 25.1 Å². The molecule has 19 heavy (non-hydrogen) atoms. The molecule has 0 amide bonds. The molecule has 1 aromatic heterocycles. The Hall–Kier alpha value is -0.470. The van der Waals surface area contributed by atoms with Crippen molar-refractivity contribution >= 4 is 21.4 Å². The molecule has 0 bridgehead atoms. The zero-order chi connectivity index (χ0) is 14.3. The summed E-state index contributed by atoms with van der Waals surface area (Å²) in [5.74, 6) is 0.495. The Bertz CT molecular complexity index is 469. The van der Waals surface area contributed by atoms with Crippen molar-refractivity contribution in [1.29, 1.82) is 0 Å². The van der Waals surface area contributed by atoms with Crippen LogP contribution in [0.15, 0.2) is 16.3 Å². The zero-order valence-corrected chi connectivity index (χ0v) is 13.0. The minimum atomic E-state index is -3.44. The summed E-state index contributed by atoms with van der Waals surface area (Å²) < 4.78 is 32.0. The number of nitrogens with two attached hydrogens (primary N) is 1. The van der Waals surface area contributed by atoms with Crippen molar-refractivity contribution in [3.8, 4) is 0 Å². The van der Waals surface area contributed by atoms with Gasteiger partial charge in [0, 0.05) is 31.2 Å². The third-order valence-electron chi connectivity index (χ3n) is 2.39. The van der Waals surface area contributed by atoms with Crippen molar-refractivity contribution < 1.29 is 13.2 Å². The normalized spacial score (nSPS) is 12.2. The summed E-state index contributed by atoms with van der Waals surface area (Å²) in [5, 5.41) is 1.74. The van der Waals surface area contributed by atoms with Crippen LogP contribution < -0.4 is 10.5 Å². The second-order valence-corrected chi connectivity index (χ2v) is 7.37. The highest BCUT2D eigenvalue weighted by molar-refractivity contribution is 7.89. The predicted molar refractivity (Wildman–Crippen MR) is 77.7 cm³/mol. The van der Waals surface area contributed by atoms with Gasteiger partial charge in [-0.25, -0.2) is 13.1 Å². The van der Waals surface area contributed by atoms with Crippen LogP contribution in [0.25, 0.3) is 0 Å². The van der Waals surface area contributed by atoms with Gasteiger partial charge in [-0.2, -0.15) is 0 Å². The lowest BCUT2D eigenvalue weighted by Crippen LogP contribution is -2.26. The van der Waals surface area contributed by atoms with E-state index in [2.05, 4.69) is 18.6 Å². The van der Waals surface area contributed by atoms with Crippen LogP contribution in [-0.4, -0.2) is 28.2 Å². The quantitative estimate of drug-likeness (QED) is 0.678. The van der Waals surface area contributed by atoms with Crippen LogP contribution in [0.5, 0.6) is 0 Å². The van der Waals surface area contributed by atoms with E-state index in [0.29, 0.717) is 41.9 Å². The first kappa shape index (κ1) is 16.6. The molecular formula is C12H22N2O3S2. The zero-order valence-electron chi connectivity index (χ0n) is 11.4. The molecule has 1 heterocycles. The summed E-state index contributed by atoms with van der Waals surface area (Å²) in [4.78, 5) is 0.978. The number of hydrogen-bond acceptors (Lipinski definition) is 5. The molecule has 0 aliphatic rings. The largest absolute Gasteiger partial charge is 0.381 e. The van der Waals surface area contributed by atoms with E-state index in [-0.39, 0.29) is 6.54 Å². The molecule has 0 unspecified atom stereocenters. The third kappa shape index (κ3) is 5.58. The molecule has 3 N–H and O–H groups in total. The maximum absolute atomic E-state index is 12.0. The van der Waals surface area contributed by atoms with Gasteiger partial charge in [0.1, 0.15) is 0 Å². The highest BCUT2D eigenvalue weighted by Crippen LogP contribution is 2.20. The fraction of sp³-hybridized carbons (Fsp3) is 0.667. The highest BCUT2D eigenvalue weighted by Gasteiger charge is 2.18. The van der Waals surface area contributed by atoms with E-state index >= 15 is 0 Å². The molecule has 1 aromatic rings. The maximum Gasteiger partial charge on any atom is 0.241 e. The van der Waals surface area contributed by atoms with E-state index in [1.807, 2.05) is 0 Å². The fourth-order valence-electron chi connectivity index (χ4n) is 1.49. The minimum Gasteiger partial charge on any atom is -0.381 e. The average molecular weight is 306 g/mol. The Kier molecular flexibility index (Phi) is 6.95. The van der Waals surface area contributed by atoms with E-state index < -0.39 is 10.0 Å². The van der Waals surface area contributed by atoms with Gasteiger partial charge in [0.2, 0.25) is 10.0 Å². The topological polar surface area (TPSA) is 81.4 Å². The van der Waals surface area contributed by atoms with E-state index in [1.54, 1.807) is 11.4 Å². The van der Waals surface area contributed by atoms with E-state index in [1.165, 1.54) is 11.3 Å². The third-order valence-corrected chi connectivity index (χ3v) is 5.01. The Morgan fingerprint density at radius 2 is 2.21 bits per heavy atom. The molecule has 0 spiro atoms. The molecule has 0 saturated heterocycles. The molecule has 0 fully saturated rings. The molecule has 110 valence electrons.